The van der Waals surface area contributed by atoms with Crippen molar-refractivity contribution in [2.24, 2.45) is 5.92 Å². The van der Waals surface area contributed by atoms with Crippen molar-refractivity contribution in [2.75, 3.05) is 5.32 Å². The second kappa shape index (κ2) is 3.63. The maximum Gasteiger partial charge on any atom is 0.280 e. The monoisotopic (exact) mass is 271 g/mol. The zero-order valence-electron chi connectivity index (χ0n) is 8.80. The highest BCUT2D eigenvalue weighted by atomic mass is 79.9. The first-order chi connectivity index (χ1) is 7.00. The molecule has 4 nitrogen and oxygen atoms in total. The maximum absolute atomic E-state index is 11.3. The topological polar surface area (TPSA) is 57.8 Å². The molecule has 0 radical (unpaired) electrons. The molecule has 0 amide bonds. The number of nitrogens with one attached hydrogen (secondary N) is 2. The summed E-state index contributed by atoms with van der Waals surface area (Å²) < 4.78 is 0.520. The average molecular weight is 272 g/mol. The quantitative estimate of drug-likeness (QED) is 0.886. The summed E-state index contributed by atoms with van der Waals surface area (Å²) in [6.07, 6.45) is 4.15. The van der Waals surface area contributed by atoms with Crippen molar-refractivity contribution in [1.29, 1.82) is 0 Å². The summed E-state index contributed by atoms with van der Waals surface area (Å²) in [7, 11) is 0. The fourth-order valence-corrected chi connectivity index (χ4v) is 2.01. The Morgan fingerprint density at radius 1 is 1.60 bits per heavy atom. The van der Waals surface area contributed by atoms with E-state index >= 15 is 0 Å². The van der Waals surface area contributed by atoms with E-state index in [4.69, 9.17) is 0 Å². The van der Waals surface area contributed by atoms with Gasteiger partial charge in [0.25, 0.3) is 5.56 Å². The Balaban J connectivity index is 2.23. The average Bonchev–Trinajstić information content (AvgIpc) is 2.95. The van der Waals surface area contributed by atoms with Crippen LogP contribution in [0.25, 0.3) is 0 Å². The summed E-state index contributed by atoms with van der Waals surface area (Å²) in [4.78, 5) is 11.3. The molecule has 5 heteroatoms. The number of hydrogen-bond acceptors (Lipinski definition) is 3. The predicted molar refractivity (Wildman–Crippen MR) is 63.0 cm³/mol. The predicted octanol–water partition coefficient (Wildman–Crippen LogP) is 2.13. The minimum atomic E-state index is -0.202. The Labute approximate surface area is 96.6 Å². The lowest BCUT2D eigenvalue weighted by molar-refractivity contribution is 0.494. The molecule has 2 N–H and O–H groups in total. The van der Waals surface area contributed by atoms with Gasteiger partial charge in [-0.1, -0.05) is 0 Å². The van der Waals surface area contributed by atoms with Crippen LogP contribution < -0.4 is 10.9 Å². The molecule has 0 unspecified atom stereocenters. The second-order valence-corrected chi connectivity index (χ2v) is 5.34. The number of halogens is 1. The molecule has 1 saturated carbocycles. The first kappa shape index (κ1) is 10.7. The molecule has 1 aliphatic carbocycles. The fraction of sp³-hybridized carbons (Fsp3) is 0.600. The molecule has 82 valence electrons. The highest BCUT2D eigenvalue weighted by Gasteiger charge is 2.38. The van der Waals surface area contributed by atoms with Gasteiger partial charge >= 0.3 is 0 Å². The number of aromatic amines is 1. The molecule has 1 fully saturated rings. The zero-order chi connectivity index (χ0) is 11.1. The molecule has 0 atom stereocenters. The van der Waals surface area contributed by atoms with E-state index in [1.807, 2.05) is 0 Å². The lowest BCUT2D eigenvalue weighted by Crippen LogP contribution is -2.34. The van der Waals surface area contributed by atoms with Gasteiger partial charge in [0.15, 0.2) is 0 Å². The number of aromatic nitrogens is 2. The van der Waals surface area contributed by atoms with E-state index in [0.29, 0.717) is 10.4 Å². The van der Waals surface area contributed by atoms with Gasteiger partial charge < -0.3 is 5.32 Å². The normalized spacial score (nSPS) is 16.5. The van der Waals surface area contributed by atoms with Crippen LogP contribution >= 0.6 is 15.9 Å². The highest BCUT2D eigenvalue weighted by molar-refractivity contribution is 9.10. The summed E-state index contributed by atoms with van der Waals surface area (Å²) in [5, 5.41) is 9.52. The van der Waals surface area contributed by atoms with E-state index in [0.717, 1.165) is 5.69 Å². The van der Waals surface area contributed by atoms with Crippen LogP contribution in [-0.4, -0.2) is 15.7 Å². The molecule has 1 aromatic heterocycles. The van der Waals surface area contributed by atoms with Crippen LogP contribution in [0.3, 0.4) is 0 Å². The van der Waals surface area contributed by atoms with Crippen LogP contribution in [-0.2, 0) is 0 Å². The molecule has 2 rings (SSSR count). The first-order valence-corrected chi connectivity index (χ1v) is 5.81. The third-order valence-corrected chi connectivity index (χ3v) is 3.64. The molecule has 0 saturated heterocycles. The molecule has 1 aromatic rings. The van der Waals surface area contributed by atoms with Gasteiger partial charge in [-0.15, -0.1) is 0 Å². The number of hydrogen-bond donors (Lipinski definition) is 2. The van der Waals surface area contributed by atoms with Crippen LogP contribution in [0.5, 0.6) is 0 Å². The minimum Gasteiger partial charge on any atom is -0.378 e. The summed E-state index contributed by atoms with van der Waals surface area (Å²) in [5.41, 5.74) is 0.583. The van der Waals surface area contributed by atoms with Crippen molar-refractivity contribution in [3.8, 4) is 0 Å². The van der Waals surface area contributed by atoms with Crippen LogP contribution in [0.15, 0.2) is 15.5 Å². The van der Waals surface area contributed by atoms with Gasteiger partial charge in [-0.05, 0) is 48.5 Å². The van der Waals surface area contributed by atoms with Gasteiger partial charge in [-0.3, -0.25) is 4.79 Å². The second-order valence-electron chi connectivity index (χ2n) is 4.55. The molecule has 0 bridgehead atoms. The summed E-state index contributed by atoms with van der Waals surface area (Å²) in [5.74, 6) is 0.698. The Bertz CT molecular complexity index is 423. The number of anilines is 1. The lowest BCUT2D eigenvalue weighted by atomic mass is 9.98. The third kappa shape index (κ3) is 2.22. The van der Waals surface area contributed by atoms with E-state index in [1.165, 1.54) is 12.8 Å². The number of nitrogens with zero attached hydrogens (tertiary/aromatic N) is 1. The van der Waals surface area contributed by atoms with E-state index in [1.54, 1.807) is 6.20 Å². The first-order valence-electron chi connectivity index (χ1n) is 5.02. The minimum absolute atomic E-state index is 0.0258. The molecule has 0 aromatic carbocycles. The SMILES string of the molecule is CC(C)(Nc1cn[nH]c(=O)c1Br)C1CC1. The molecular formula is C10H14BrN3O. The standard InChI is InChI=1S/C10H14BrN3O/c1-10(2,6-3-4-6)13-7-5-12-14-9(15)8(7)11/h5-6H,3-4H2,1-2H3,(H2,13,14,15). The van der Waals surface area contributed by atoms with Crippen molar-refractivity contribution < 1.29 is 0 Å². The van der Waals surface area contributed by atoms with Crippen LogP contribution in [0.1, 0.15) is 26.7 Å². The molecule has 0 spiro atoms. The molecule has 15 heavy (non-hydrogen) atoms. The third-order valence-electron chi connectivity index (χ3n) is 2.85. The zero-order valence-corrected chi connectivity index (χ0v) is 10.4. The Hall–Kier alpha value is -0.840. The van der Waals surface area contributed by atoms with E-state index in [9.17, 15) is 4.79 Å². The van der Waals surface area contributed by atoms with Gasteiger partial charge in [0.1, 0.15) is 4.47 Å². The van der Waals surface area contributed by atoms with Crippen LogP contribution in [0, 0.1) is 5.92 Å². The van der Waals surface area contributed by atoms with Gasteiger partial charge in [0.05, 0.1) is 11.9 Å². The van der Waals surface area contributed by atoms with Crippen molar-refractivity contribution in [2.45, 2.75) is 32.2 Å². The van der Waals surface area contributed by atoms with Crippen LogP contribution in [0.2, 0.25) is 0 Å². The van der Waals surface area contributed by atoms with Gasteiger partial charge in [-0.25, -0.2) is 5.10 Å². The molecular weight excluding hydrogens is 258 g/mol. The molecule has 1 heterocycles. The van der Waals surface area contributed by atoms with Crippen molar-refractivity contribution in [1.82, 2.24) is 10.2 Å². The lowest BCUT2D eigenvalue weighted by Gasteiger charge is -2.27. The van der Waals surface area contributed by atoms with Gasteiger partial charge in [0.2, 0.25) is 0 Å². The number of H-pyrrole nitrogens is 1. The van der Waals surface area contributed by atoms with Crippen molar-refractivity contribution >= 4 is 21.6 Å². The van der Waals surface area contributed by atoms with Crippen molar-refractivity contribution in [3.63, 3.8) is 0 Å². The largest absolute Gasteiger partial charge is 0.378 e. The summed E-state index contributed by atoms with van der Waals surface area (Å²) >= 11 is 3.26. The van der Waals surface area contributed by atoms with Gasteiger partial charge in [0, 0.05) is 5.54 Å². The molecule has 1 aliphatic rings. The van der Waals surface area contributed by atoms with Crippen molar-refractivity contribution in [3.05, 3.63) is 21.0 Å². The Morgan fingerprint density at radius 3 is 2.87 bits per heavy atom. The molecule has 0 aliphatic heterocycles. The summed E-state index contributed by atoms with van der Waals surface area (Å²) in [6, 6.07) is 0. The fourth-order valence-electron chi connectivity index (χ4n) is 1.72. The Kier molecular flexibility index (Phi) is 2.58. The smallest absolute Gasteiger partial charge is 0.280 e. The Morgan fingerprint density at radius 2 is 2.27 bits per heavy atom. The van der Waals surface area contributed by atoms with Crippen LogP contribution in [0.4, 0.5) is 5.69 Å². The van der Waals surface area contributed by atoms with Gasteiger partial charge in [-0.2, -0.15) is 5.10 Å². The maximum atomic E-state index is 11.3. The van der Waals surface area contributed by atoms with E-state index in [-0.39, 0.29) is 11.1 Å². The van der Waals surface area contributed by atoms with E-state index < -0.39 is 0 Å². The highest BCUT2D eigenvalue weighted by Crippen LogP contribution is 2.41. The van der Waals surface area contributed by atoms with E-state index in [2.05, 4.69) is 45.3 Å². The number of rotatable bonds is 3. The summed E-state index contributed by atoms with van der Waals surface area (Å²) in [6.45, 7) is 4.30.